The van der Waals surface area contributed by atoms with Gasteiger partial charge in [0.15, 0.2) is 5.78 Å². The third kappa shape index (κ3) is 1.68. The number of hydrogen-bond donors (Lipinski definition) is 1. The van der Waals surface area contributed by atoms with Crippen molar-refractivity contribution < 1.29 is 9.53 Å². The zero-order valence-corrected chi connectivity index (χ0v) is 10.4. The number of amidine groups is 1. The monoisotopic (exact) mass is 244 g/mol. The van der Waals surface area contributed by atoms with Gasteiger partial charge in [0.1, 0.15) is 11.6 Å². The van der Waals surface area contributed by atoms with Gasteiger partial charge in [-0.25, -0.2) is 0 Å². The molecule has 0 aromatic heterocycles. The Balaban J connectivity index is 2.00. The Hall–Kier alpha value is -1.84. The molecule has 0 saturated heterocycles. The lowest BCUT2D eigenvalue weighted by Gasteiger charge is -2.24. The lowest BCUT2D eigenvalue weighted by molar-refractivity contribution is 0.0936. The Morgan fingerprint density at radius 3 is 3.06 bits per heavy atom. The molecule has 1 aliphatic carbocycles. The van der Waals surface area contributed by atoms with E-state index in [4.69, 9.17) is 4.74 Å². The third-order valence-corrected chi connectivity index (χ3v) is 3.63. The van der Waals surface area contributed by atoms with E-state index < -0.39 is 0 Å². The number of nitrogens with zero attached hydrogens (tertiary/aromatic N) is 1. The van der Waals surface area contributed by atoms with Crippen LogP contribution in [0.2, 0.25) is 0 Å². The molecule has 4 heteroatoms. The van der Waals surface area contributed by atoms with E-state index in [9.17, 15) is 4.79 Å². The van der Waals surface area contributed by atoms with Gasteiger partial charge in [-0.15, -0.1) is 0 Å². The number of nitrogens with one attached hydrogen (secondary N) is 1. The predicted molar refractivity (Wildman–Crippen MR) is 69.4 cm³/mol. The van der Waals surface area contributed by atoms with Crippen molar-refractivity contribution in [3.8, 4) is 5.75 Å². The van der Waals surface area contributed by atoms with Crippen LogP contribution < -0.4 is 10.1 Å². The van der Waals surface area contributed by atoms with Crippen LogP contribution in [0.3, 0.4) is 0 Å². The van der Waals surface area contributed by atoms with Gasteiger partial charge in [-0.05, 0) is 24.5 Å². The van der Waals surface area contributed by atoms with Crippen LogP contribution in [0, 0.1) is 5.92 Å². The molecule has 1 aromatic carbocycles. The Morgan fingerprint density at radius 1 is 1.44 bits per heavy atom. The minimum absolute atomic E-state index is 0.115. The molecular weight excluding hydrogens is 228 g/mol. The van der Waals surface area contributed by atoms with Crippen LogP contribution in [-0.4, -0.2) is 31.8 Å². The number of rotatable bonds is 2. The summed E-state index contributed by atoms with van der Waals surface area (Å²) in [6, 6.07) is 5.80. The fourth-order valence-electron chi connectivity index (χ4n) is 2.75. The molecule has 1 N–H and O–H groups in total. The number of carbonyl (C=O) groups excluding carboxylic acids is 1. The molecule has 94 valence electrons. The van der Waals surface area contributed by atoms with Crippen LogP contribution in [-0.2, 0) is 6.42 Å². The minimum atomic E-state index is -0.115. The molecule has 3 rings (SSSR count). The SMILES string of the molecule is COc1cccc2c1C(=O)C(C1=NCCN1)CC2. The van der Waals surface area contributed by atoms with Crippen molar-refractivity contribution in [1.29, 1.82) is 0 Å². The lowest BCUT2D eigenvalue weighted by atomic mass is 9.81. The maximum Gasteiger partial charge on any atom is 0.177 e. The topological polar surface area (TPSA) is 50.7 Å². The first kappa shape index (κ1) is 11.3. The summed E-state index contributed by atoms with van der Waals surface area (Å²) < 4.78 is 5.31. The summed E-state index contributed by atoms with van der Waals surface area (Å²) in [6.45, 7) is 1.62. The maximum atomic E-state index is 12.6. The molecule has 1 aromatic rings. The van der Waals surface area contributed by atoms with Gasteiger partial charge in [-0.1, -0.05) is 12.1 Å². The zero-order valence-electron chi connectivity index (χ0n) is 10.4. The van der Waals surface area contributed by atoms with E-state index in [1.54, 1.807) is 7.11 Å². The summed E-state index contributed by atoms with van der Waals surface area (Å²) in [5.41, 5.74) is 1.84. The first-order valence-corrected chi connectivity index (χ1v) is 6.29. The number of hydrogen-bond acceptors (Lipinski definition) is 4. The highest BCUT2D eigenvalue weighted by molar-refractivity contribution is 6.14. The molecule has 2 aliphatic rings. The lowest BCUT2D eigenvalue weighted by Crippen LogP contribution is -2.36. The number of aliphatic imine (C=N–C) groups is 1. The van der Waals surface area contributed by atoms with Gasteiger partial charge in [0.25, 0.3) is 0 Å². The second-order valence-electron chi connectivity index (χ2n) is 4.64. The molecule has 0 amide bonds. The maximum absolute atomic E-state index is 12.6. The molecule has 1 unspecified atom stereocenters. The summed E-state index contributed by atoms with van der Waals surface area (Å²) in [5.74, 6) is 1.57. The van der Waals surface area contributed by atoms with E-state index in [0.29, 0.717) is 5.75 Å². The number of benzene rings is 1. The molecule has 0 spiro atoms. The average Bonchev–Trinajstić information content (AvgIpc) is 2.92. The zero-order chi connectivity index (χ0) is 12.5. The van der Waals surface area contributed by atoms with Gasteiger partial charge in [0.05, 0.1) is 25.1 Å². The normalized spacial score (nSPS) is 22.2. The smallest absolute Gasteiger partial charge is 0.177 e. The molecule has 0 saturated carbocycles. The van der Waals surface area contributed by atoms with Crippen molar-refractivity contribution in [3.05, 3.63) is 29.3 Å². The van der Waals surface area contributed by atoms with Crippen molar-refractivity contribution in [3.63, 3.8) is 0 Å². The largest absolute Gasteiger partial charge is 0.496 e. The first-order chi connectivity index (χ1) is 8.81. The van der Waals surface area contributed by atoms with Crippen LogP contribution >= 0.6 is 0 Å². The molecule has 1 heterocycles. The van der Waals surface area contributed by atoms with Crippen LogP contribution in [0.15, 0.2) is 23.2 Å². The predicted octanol–water partition coefficient (Wildman–Crippen LogP) is 1.44. The molecule has 0 fully saturated rings. The second-order valence-corrected chi connectivity index (χ2v) is 4.64. The van der Waals surface area contributed by atoms with E-state index in [2.05, 4.69) is 10.3 Å². The molecular formula is C14H16N2O2. The number of ketones is 1. The quantitative estimate of drug-likeness (QED) is 0.856. The number of carbonyl (C=O) groups is 1. The second kappa shape index (κ2) is 4.44. The van der Waals surface area contributed by atoms with E-state index in [1.807, 2.05) is 18.2 Å². The van der Waals surface area contributed by atoms with Crippen LogP contribution in [0.4, 0.5) is 0 Å². The van der Waals surface area contributed by atoms with Crippen LogP contribution in [0.1, 0.15) is 22.3 Å². The number of Topliss-reactive ketones (excluding diaryl/α,β-unsaturated/α-hetero) is 1. The molecule has 0 radical (unpaired) electrons. The number of methoxy groups -OCH3 is 1. The molecule has 18 heavy (non-hydrogen) atoms. The summed E-state index contributed by atoms with van der Waals surface area (Å²) in [7, 11) is 1.61. The molecule has 1 aliphatic heterocycles. The van der Waals surface area contributed by atoms with E-state index in [-0.39, 0.29) is 11.7 Å². The van der Waals surface area contributed by atoms with Gasteiger partial charge in [-0.3, -0.25) is 9.79 Å². The van der Waals surface area contributed by atoms with Crippen molar-refractivity contribution in [2.75, 3.05) is 20.2 Å². The Bertz CT molecular complexity index is 508. The summed E-state index contributed by atoms with van der Waals surface area (Å²) in [5, 5.41) is 3.21. The van der Waals surface area contributed by atoms with Crippen LogP contribution in [0.5, 0.6) is 5.75 Å². The van der Waals surface area contributed by atoms with Gasteiger partial charge in [-0.2, -0.15) is 0 Å². The van der Waals surface area contributed by atoms with Crippen molar-refractivity contribution in [1.82, 2.24) is 5.32 Å². The number of fused-ring (bicyclic) bond motifs is 1. The van der Waals surface area contributed by atoms with Crippen LogP contribution in [0.25, 0.3) is 0 Å². The van der Waals surface area contributed by atoms with Crippen molar-refractivity contribution in [2.45, 2.75) is 12.8 Å². The van der Waals surface area contributed by atoms with Crippen molar-refractivity contribution >= 4 is 11.6 Å². The molecule has 4 nitrogen and oxygen atoms in total. The minimum Gasteiger partial charge on any atom is -0.496 e. The summed E-state index contributed by atoms with van der Waals surface area (Å²) in [4.78, 5) is 17.0. The third-order valence-electron chi connectivity index (χ3n) is 3.63. The van der Waals surface area contributed by atoms with Gasteiger partial charge in [0, 0.05) is 6.54 Å². The number of aryl methyl sites for hydroxylation is 1. The fraction of sp³-hybridized carbons (Fsp3) is 0.429. The Morgan fingerprint density at radius 2 is 2.33 bits per heavy atom. The molecule has 1 atom stereocenters. The highest BCUT2D eigenvalue weighted by atomic mass is 16.5. The summed E-state index contributed by atoms with van der Waals surface area (Å²) in [6.07, 6.45) is 1.74. The average molecular weight is 244 g/mol. The van der Waals surface area contributed by atoms with Gasteiger partial charge < -0.3 is 10.1 Å². The van der Waals surface area contributed by atoms with Gasteiger partial charge >= 0.3 is 0 Å². The number of ether oxygens (including phenoxy) is 1. The highest BCUT2D eigenvalue weighted by Crippen LogP contribution is 2.32. The standard InChI is InChI=1S/C14H16N2O2/c1-18-11-4-2-3-9-5-6-10(13(17)12(9)11)14-15-7-8-16-14/h2-4,10H,5-8H2,1H3,(H,15,16). The van der Waals surface area contributed by atoms with Gasteiger partial charge in [0.2, 0.25) is 0 Å². The highest BCUT2D eigenvalue weighted by Gasteiger charge is 2.34. The van der Waals surface area contributed by atoms with E-state index in [0.717, 1.165) is 42.9 Å². The first-order valence-electron chi connectivity index (χ1n) is 6.29. The Labute approximate surface area is 106 Å². The van der Waals surface area contributed by atoms with Crippen molar-refractivity contribution in [2.24, 2.45) is 10.9 Å². The van der Waals surface area contributed by atoms with E-state index in [1.165, 1.54) is 0 Å². The van der Waals surface area contributed by atoms with E-state index >= 15 is 0 Å². The fourth-order valence-corrected chi connectivity index (χ4v) is 2.75. The molecule has 0 bridgehead atoms. The Kier molecular flexibility index (Phi) is 2.78. The summed E-state index contributed by atoms with van der Waals surface area (Å²) >= 11 is 0.